The van der Waals surface area contributed by atoms with Crippen molar-refractivity contribution in [3.63, 3.8) is 0 Å². The van der Waals surface area contributed by atoms with E-state index in [1.807, 2.05) is 0 Å². The Labute approximate surface area is 118 Å². The number of hydrogen-bond donors (Lipinski definition) is 1. The highest BCUT2D eigenvalue weighted by atomic mass is 79.9. The molecule has 1 fully saturated rings. The quantitative estimate of drug-likeness (QED) is 0.900. The molecular weight excluding hydrogens is 321 g/mol. The number of hydrogen-bond acceptors (Lipinski definition) is 2. The molecule has 1 aromatic rings. The molecule has 0 aliphatic heterocycles. The minimum absolute atomic E-state index is 0.0200. The fourth-order valence-corrected chi connectivity index (χ4v) is 2.49. The minimum Gasteiger partial charge on any atom is -0.359 e. The van der Waals surface area contributed by atoms with Crippen molar-refractivity contribution in [3.05, 3.63) is 28.2 Å². The molecule has 2 N–H and O–H groups in total. The monoisotopic (exact) mass is 336 g/mol. The van der Waals surface area contributed by atoms with Gasteiger partial charge in [0.25, 0.3) is 0 Å². The van der Waals surface area contributed by atoms with Gasteiger partial charge in [0.15, 0.2) is 0 Å². The molecule has 6 heteroatoms. The molecule has 1 saturated carbocycles. The number of rotatable bonds is 4. The zero-order valence-electron chi connectivity index (χ0n) is 10.5. The van der Waals surface area contributed by atoms with Crippen molar-refractivity contribution >= 4 is 21.6 Å². The summed E-state index contributed by atoms with van der Waals surface area (Å²) in [6.45, 7) is 0.860. The second kappa shape index (κ2) is 5.32. The number of nitrogens with two attached hydrogens (primary N) is 1. The van der Waals surface area contributed by atoms with Crippen LogP contribution >= 0.6 is 15.9 Å². The van der Waals surface area contributed by atoms with Crippen molar-refractivity contribution in [1.82, 2.24) is 0 Å². The van der Waals surface area contributed by atoms with Crippen LogP contribution < -0.4 is 10.6 Å². The number of nitrogens with zero attached hydrogens (tertiary/aromatic N) is 1. The van der Waals surface area contributed by atoms with Crippen LogP contribution in [0.15, 0.2) is 22.7 Å². The van der Waals surface area contributed by atoms with E-state index in [-0.39, 0.29) is 12.1 Å². The van der Waals surface area contributed by atoms with Gasteiger partial charge >= 0.3 is 6.18 Å². The molecule has 2 rings (SSSR count). The fraction of sp³-hybridized carbons (Fsp3) is 0.538. The van der Waals surface area contributed by atoms with E-state index in [2.05, 4.69) is 15.9 Å². The molecule has 1 aliphatic carbocycles. The lowest BCUT2D eigenvalue weighted by molar-refractivity contribution is -0.120. The molecule has 0 aromatic heterocycles. The summed E-state index contributed by atoms with van der Waals surface area (Å²) >= 11 is 3.31. The van der Waals surface area contributed by atoms with Gasteiger partial charge in [-0.15, -0.1) is 0 Å². The minimum atomic E-state index is -4.21. The number of benzene rings is 1. The Morgan fingerprint density at radius 3 is 2.53 bits per heavy atom. The van der Waals surface area contributed by atoms with Gasteiger partial charge in [0.1, 0.15) is 6.54 Å². The van der Waals surface area contributed by atoms with Gasteiger partial charge in [-0.2, -0.15) is 13.2 Å². The van der Waals surface area contributed by atoms with E-state index >= 15 is 0 Å². The van der Waals surface area contributed by atoms with Gasteiger partial charge < -0.3 is 10.6 Å². The Morgan fingerprint density at radius 1 is 1.42 bits per heavy atom. The predicted molar refractivity (Wildman–Crippen MR) is 73.2 cm³/mol. The zero-order chi connectivity index (χ0) is 14.2. The molecule has 1 aromatic carbocycles. The molecule has 19 heavy (non-hydrogen) atoms. The first-order valence-electron chi connectivity index (χ1n) is 6.16. The van der Waals surface area contributed by atoms with Gasteiger partial charge in [0.2, 0.25) is 0 Å². The lowest BCUT2D eigenvalue weighted by atomic mass is 10.1. The van der Waals surface area contributed by atoms with Crippen molar-refractivity contribution in [2.45, 2.75) is 38.0 Å². The van der Waals surface area contributed by atoms with E-state index in [1.165, 1.54) is 4.90 Å². The first-order valence-corrected chi connectivity index (χ1v) is 6.95. The molecule has 0 radical (unpaired) electrons. The average Bonchev–Trinajstić information content (AvgIpc) is 3.07. The molecule has 0 saturated heterocycles. The summed E-state index contributed by atoms with van der Waals surface area (Å²) in [6, 6.07) is 5.01. The Bertz CT molecular complexity index is 456. The van der Waals surface area contributed by atoms with Gasteiger partial charge in [-0.25, -0.2) is 0 Å². The summed E-state index contributed by atoms with van der Waals surface area (Å²) in [4.78, 5) is 1.43. The summed E-state index contributed by atoms with van der Waals surface area (Å²) in [5.41, 5.74) is 7.20. The molecule has 1 aliphatic rings. The maximum atomic E-state index is 12.7. The van der Waals surface area contributed by atoms with Crippen LogP contribution in [-0.2, 0) is 0 Å². The molecule has 2 nitrogen and oxygen atoms in total. The summed E-state index contributed by atoms with van der Waals surface area (Å²) in [5, 5.41) is 0. The highest BCUT2D eigenvalue weighted by molar-refractivity contribution is 9.10. The van der Waals surface area contributed by atoms with Crippen LogP contribution in [0, 0.1) is 0 Å². The van der Waals surface area contributed by atoms with Crippen LogP contribution in [0.25, 0.3) is 0 Å². The van der Waals surface area contributed by atoms with Crippen LogP contribution in [-0.4, -0.2) is 18.8 Å². The van der Waals surface area contributed by atoms with Crippen LogP contribution in [0.5, 0.6) is 0 Å². The van der Waals surface area contributed by atoms with Gasteiger partial charge in [-0.3, -0.25) is 0 Å². The van der Waals surface area contributed by atoms with E-state index < -0.39 is 12.7 Å². The third-order valence-corrected chi connectivity index (χ3v) is 3.62. The SMILES string of the molecule is CC(N)c1ccc(Br)cc1N(CC(F)(F)F)C1CC1. The van der Waals surface area contributed by atoms with Gasteiger partial charge in [0.05, 0.1) is 0 Å². The van der Waals surface area contributed by atoms with Crippen molar-refractivity contribution in [2.24, 2.45) is 5.73 Å². The highest BCUT2D eigenvalue weighted by Gasteiger charge is 2.39. The topological polar surface area (TPSA) is 29.3 Å². The van der Waals surface area contributed by atoms with Crippen LogP contribution in [0.2, 0.25) is 0 Å². The van der Waals surface area contributed by atoms with Gasteiger partial charge in [-0.05, 0) is 37.5 Å². The maximum absolute atomic E-state index is 12.7. The fourth-order valence-electron chi connectivity index (χ4n) is 2.14. The summed E-state index contributed by atoms with van der Waals surface area (Å²) in [5.74, 6) is 0. The van der Waals surface area contributed by atoms with E-state index in [0.29, 0.717) is 5.69 Å². The Kier molecular flexibility index (Phi) is 4.11. The van der Waals surface area contributed by atoms with E-state index in [4.69, 9.17) is 5.73 Å². The Hall–Kier alpha value is -0.750. The smallest absolute Gasteiger partial charge is 0.359 e. The average molecular weight is 337 g/mol. The molecule has 1 atom stereocenters. The molecule has 106 valence electrons. The zero-order valence-corrected chi connectivity index (χ0v) is 12.1. The van der Waals surface area contributed by atoms with Crippen LogP contribution in [0.1, 0.15) is 31.4 Å². The van der Waals surface area contributed by atoms with Crippen LogP contribution in [0.3, 0.4) is 0 Å². The molecule has 0 amide bonds. The second-order valence-electron chi connectivity index (χ2n) is 4.97. The number of anilines is 1. The van der Waals surface area contributed by atoms with Crippen molar-refractivity contribution < 1.29 is 13.2 Å². The van der Waals surface area contributed by atoms with E-state index in [0.717, 1.165) is 22.9 Å². The maximum Gasteiger partial charge on any atom is 0.405 e. The van der Waals surface area contributed by atoms with Gasteiger partial charge in [0, 0.05) is 22.2 Å². The molecule has 0 bridgehead atoms. The third kappa shape index (κ3) is 3.86. The normalized spacial score (nSPS) is 17.4. The van der Waals surface area contributed by atoms with Crippen molar-refractivity contribution in [3.8, 4) is 0 Å². The number of halogens is 4. The van der Waals surface area contributed by atoms with Gasteiger partial charge in [-0.1, -0.05) is 22.0 Å². The van der Waals surface area contributed by atoms with Crippen molar-refractivity contribution in [2.75, 3.05) is 11.4 Å². The first-order chi connectivity index (χ1) is 8.78. The first kappa shape index (κ1) is 14.7. The lowest BCUT2D eigenvalue weighted by Gasteiger charge is -2.29. The molecule has 0 spiro atoms. The Balaban J connectivity index is 2.37. The van der Waals surface area contributed by atoms with Crippen molar-refractivity contribution in [1.29, 1.82) is 0 Å². The molecule has 0 heterocycles. The second-order valence-corrected chi connectivity index (χ2v) is 5.88. The van der Waals surface area contributed by atoms with Crippen LogP contribution in [0.4, 0.5) is 18.9 Å². The summed E-state index contributed by atoms with van der Waals surface area (Å²) < 4.78 is 38.9. The summed E-state index contributed by atoms with van der Waals surface area (Å²) in [6.07, 6.45) is -2.60. The lowest BCUT2D eigenvalue weighted by Crippen LogP contribution is -2.37. The summed E-state index contributed by atoms with van der Waals surface area (Å²) in [7, 11) is 0. The standard InChI is InChI=1S/C13H16BrF3N2/c1-8(18)11-5-2-9(14)6-12(11)19(10-3-4-10)7-13(15,16)17/h2,5-6,8,10H,3-4,7,18H2,1H3. The highest BCUT2D eigenvalue weighted by Crippen LogP contribution is 2.38. The molecular formula is C13H16BrF3N2. The predicted octanol–water partition coefficient (Wildman–Crippen LogP) is 4.00. The largest absolute Gasteiger partial charge is 0.405 e. The van der Waals surface area contributed by atoms with E-state index in [9.17, 15) is 13.2 Å². The molecule has 1 unspecified atom stereocenters. The Morgan fingerprint density at radius 2 is 2.05 bits per heavy atom. The van der Waals surface area contributed by atoms with E-state index in [1.54, 1.807) is 25.1 Å². The third-order valence-electron chi connectivity index (χ3n) is 3.13. The number of alkyl halides is 3.